The van der Waals surface area contributed by atoms with Gasteiger partial charge in [0.2, 0.25) is 10.0 Å². The van der Waals surface area contributed by atoms with Crippen LogP contribution >= 0.6 is 0 Å². The third-order valence-corrected chi connectivity index (χ3v) is 6.28. The van der Waals surface area contributed by atoms with Crippen LogP contribution in [0.1, 0.15) is 40.7 Å². The number of carbonyl (C=O) groups is 1. The summed E-state index contributed by atoms with van der Waals surface area (Å²) in [6.07, 6.45) is 3.78. The Morgan fingerprint density at radius 2 is 1.75 bits per heavy atom. The third-order valence-electron chi connectivity index (χ3n) is 4.88. The van der Waals surface area contributed by atoms with Gasteiger partial charge < -0.3 is 4.74 Å². The first-order valence-corrected chi connectivity index (χ1v) is 10.9. The van der Waals surface area contributed by atoms with Crippen LogP contribution in [0.5, 0.6) is 0 Å². The molecular formula is C21H26N2O4S. The van der Waals surface area contributed by atoms with Gasteiger partial charge in [-0.05, 0) is 55.3 Å². The molecule has 3 rings (SSSR count). The molecule has 7 heteroatoms. The van der Waals surface area contributed by atoms with E-state index < -0.39 is 16.0 Å². The Hall–Kier alpha value is -2.22. The zero-order valence-corrected chi connectivity index (χ0v) is 16.9. The predicted molar refractivity (Wildman–Crippen MR) is 107 cm³/mol. The van der Waals surface area contributed by atoms with Gasteiger partial charge in [0.15, 0.2) is 0 Å². The van der Waals surface area contributed by atoms with Crippen molar-refractivity contribution in [1.29, 1.82) is 0 Å². The van der Waals surface area contributed by atoms with Crippen LogP contribution < -0.4 is 4.72 Å². The number of nitrogens with one attached hydrogen (secondary N) is 1. The first-order chi connectivity index (χ1) is 13.5. The molecule has 2 aromatic rings. The fourth-order valence-corrected chi connectivity index (χ4v) is 4.45. The van der Waals surface area contributed by atoms with Gasteiger partial charge in [-0.3, -0.25) is 4.90 Å². The summed E-state index contributed by atoms with van der Waals surface area (Å²) in [4.78, 5) is 14.1. The fraction of sp³-hybridized carbons (Fsp3) is 0.381. The normalized spacial score (nSPS) is 15.3. The molecule has 0 aromatic heterocycles. The SMILES string of the molecule is COC(=O)c1cccc(S(=O)(=O)NCc2cccc(CN3CCCCC3)c2)c1. The molecule has 2 aromatic carbocycles. The van der Waals surface area contributed by atoms with Crippen LogP contribution in [0.25, 0.3) is 0 Å². The van der Waals surface area contributed by atoms with Crippen LogP contribution in [0, 0.1) is 0 Å². The average Bonchev–Trinajstić information content (AvgIpc) is 2.73. The number of benzene rings is 2. The van der Waals surface area contributed by atoms with Crippen LogP contribution in [0.4, 0.5) is 0 Å². The van der Waals surface area contributed by atoms with Gasteiger partial charge in [-0.1, -0.05) is 36.8 Å². The standard InChI is InChI=1S/C21H26N2O4S/c1-27-21(24)19-9-6-10-20(14-19)28(25,26)22-15-17-7-5-8-18(13-17)16-23-11-3-2-4-12-23/h5-10,13-14,22H,2-4,11-12,15-16H2,1H3. The molecular weight excluding hydrogens is 376 g/mol. The highest BCUT2D eigenvalue weighted by Gasteiger charge is 2.17. The van der Waals surface area contributed by atoms with Crippen molar-refractivity contribution in [3.63, 3.8) is 0 Å². The maximum absolute atomic E-state index is 12.6. The Morgan fingerprint density at radius 3 is 2.50 bits per heavy atom. The van der Waals surface area contributed by atoms with E-state index in [-0.39, 0.29) is 17.0 Å². The molecule has 1 saturated heterocycles. The second-order valence-corrected chi connectivity index (χ2v) is 8.77. The van der Waals surface area contributed by atoms with Crippen molar-refractivity contribution < 1.29 is 17.9 Å². The van der Waals surface area contributed by atoms with Gasteiger partial charge >= 0.3 is 5.97 Å². The second kappa shape index (κ2) is 9.32. The molecule has 1 heterocycles. The number of ether oxygens (including phenoxy) is 1. The molecule has 150 valence electrons. The number of hydrogen-bond donors (Lipinski definition) is 1. The second-order valence-electron chi connectivity index (χ2n) is 7.00. The number of carbonyl (C=O) groups excluding carboxylic acids is 1. The molecule has 1 aliphatic rings. The number of nitrogens with zero attached hydrogens (tertiary/aromatic N) is 1. The van der Waals surface area contributed by atoms with Gasteiger partial charge in [-0.2, -0.15) is 0 Å². The van der Waals surface area contributed by atoms with Crippen molar-refractivity contribution in [2.24, 2.45) is 0 Å². The van der Waals surface area contributed by atoms with Crippen LogP contribution in [-0.4, -0.2) is 39.5 Å². The number of esters is 1. The lowest BCUT2D eigenvalue weighted by Crippen LogP contribution is -2.29. The van der Waals surface area contributed by atoms with E-state index in [0.29, 0.717) is 0 Å². The highest BCUT2D eigenvalue weighted by Crippen LogP contribution is 2.16. The summed E-state index contributed by atoms with van der Waals surface area (Å²) in [5.74, 6) is -0.567. The number of hydrogen-bond acceptors (Lipinski definition) is 5. The number of sulfonamides is 1. The molecule has 0 saturated carbocycles. The number of rotatable bonds is 7. The van der Waals surface area contributed by atoms with Crippen LogP contribution in [0.3, 0.4) is 0 Å². The molecule has 28 heavy (non-hydrogen) atoms. The summed E-state index contributed by atoms with van der Waals surface area (Å²) >= 11 is 0. The summed E-state index contributed by atoms with van der Waals surface area (Å²) in [6.45, 7) is 3.32. The summed E-state index contributed by atoms with van der Waals surface area (Å²) in [6, 6.07) is 13.8. The number of piperidine rings is 1. The lowest BCUT2D eigenvalue weighted by Gasteiger charge is -2.26. The zero-order valence-electron chi connectivity index (χ0n) is 16.1. The predicted octanol–water partition coefficient (Wildman–Crippen LogP) is 2.94. The highest BCUT2D eigenvalue weighted by molar-refractivity contribution is 7.89. The minimum absolute atomic E-state index is 0.0415. The maximum atomic E-state index is 12.6. The van der Waals surface area contributed by atoms with E-state index in [2.05, 4.69) is 20.4 Å². The summed E-state index contributed by atoms with van der Waals surface area (Å²) in [5, 5.41) is 0. The number of methoxy groups -OCH3 is 1. The Labute approximate surface area is 166 Å². The molecule has 0 unspecified atom stereocenters. The summed E-state index contributed by atoms with van der Waals surface area (Å²) < 4.78 is 32.5. The highest BCUT2D eigenvalue weighted by atomic mass is 32.2. The zero-order chi connectivity index (χ0) is 20.0. The fourth-order valence-electron chi connectivity index (χ4n) is 3.38. The van der Waals surface area contributed by atoms with Gasteiger partial charge in [-0.25, -0.2) is 17.9 Å². The molecule has 1 N–H and O–H groups in total. The maximum Gasteiger partial charge on any atom is 0.337 e. The largest absolute Gasteiger partial charge is 0.465 e. The Kier molecular flexibility index (Phi) is 6.83. The first kappa shape index (κ1) is 20.5. The van der Waals surface area contributed by atoms with Crippen molar-refractivity contribution in [2.75, 3.05) is 20.2 Å². The Balaban J connectivity index is 1.66. The molecule has 0 radical (unpaired) electrons. The monoisotopic (exact) mass is 402 g/mol. The smallest absolute Gasteiger partial charge is 0.337 e. The molecule has 1 fully saturated rings. The lowest BCUT2D eigenvalue weighted by atomic mass is 10.1. The van der Waals surface area contributed by atoms with Gasteiger partial charge in [-0.15, -0.1) is 0 Å². The molecule has 1 aliphatic heterocycles. The van der Waals surface area contributed by atoms with Crippen molar-refractivity contribution in [3.8, 4) is 0 Å². The van der Waals surface area contributed by atoms with Crippen LogP contribution in [0.15, 0.2) is 53.4 Å². The number of likely N-dealkylation sites (tertiary alicyclic amines) is 1. The lowest BCUT2D eigenvalue weighted by molar-refractivity contribution is 0.0600. The molecule has 0 atom stereocenters. The molecule has 0 aliphatic carbocycles. The van der Waals surface area contributed by atoms with Gasteiger partial charge in [0.25, 0.3) is 0 Å². The van der Waals surface area contributed by atoms with Gasteiger partial charge in [0, 0.05) is 13.1 Å². The topological polar surface area (TPSA) is 75.7 Å². The third kappa shape index (κ3) is 5.41. The van der Waals surface area contributed by atoms with Crippen LogP contribution in [-0.2, 0) is 27.8 Å². The molecule has 0 spiro atoms. The van der Waals surface area contributed by atoms with Crippen molar-refractivity contribution in [1.82, 2.24) is 9.62 Å². The van der Waals surface area contributed by atoms with Gasteiger partial charge in [0.05, 0.1) is 17.6 Å². The molecule has 6 nitrogen and oxygen atoms in total. The van der Waals surface area contributed by atoms with E-state index in [4.69, 9.17) is 0 Å². The minimum Gasteiger partial charge on any atom is -0.465 e. The molecule has 0 bridgehead atoms. The summed E-state index contributed by atoms with van der Waals surface area (Å²) in [5.41, 5.74) is 2.29. The van der Waals surface area contributed by atoms with E-state index in [1.165, 1.54) is 56.2 Å². The van der Waals surface area contributed by atoms with Crippen molar-refractivity contribution >= 4 is 16.0 Å². The van der Waals surface area contributed by atoms with E-state index in [9.17, 15) is 13.2 Å². The minimum atomic E-state index is -3.73. The summed E-state index contributed by atoms with van der Waals surface area (Å²) in [7, 11) is -2.47. The van der Waals surface area contributed by atoms with E-state index in [1.807, 2.05) is 18.2 Å². The molecule has 0 amide bonds. The Morgan fingerprint density at radius 1 is 1.04 bits per heavy atom. The van der Waals surface area contributed by atoms with Crippen molar-refractivity contribution in [3.05, 3.63) is 65.2 Å². The van der Waals surface area contributed by atoms with E-state index in [1.54, 1.807) is 0 Å². The van der Waals surface area contributed by atoms with E-state index >= 15 is 0 Å². The van der Waals surface area contributed by atoms with Crippen molar-refractivity contribution in [2.45, 2.75) is 37.2 Å². The van der Waals surface area contributed by atoms with Crippen LogP contribution in [0.2, 0.25) is 0 Å². The quantitative estimate of drug-likeness (QED) is 0.721. The van der Waals surface area contributed by atoms with Gasteiger partial charge in [0.1, 0.15) is 0 Å². The first-order valence-electron chi connectivity index (χ1n) is 9.46. The Bertz CT molecular complexity index is 922. The average molecular weight is 403 g/mol. The van der Waals surface area contributed by atoms with E-state index in [0.717, 1.165) is 25.2 Å².